The number of benzene rings is 1. The van der Waals surface area contributed by atoms with Gasteiger partial charge in [0.15, 0.2) is 0 Å². The van der Waals surface area contributed by atoms with Crippen LogP contribution in [0, 0.1) is 0 Å². The molecular weight excluding hydrogens is 304 g/mol. The van der Waals surface area contributed by atoms with Crippen LogP contribution in [0.25, 0.3) is 0 Å². The Hall–Kier alpha value is -1.24. The number of alkyl halides is 2. The van der Waals surface area contributed by atoms with Crippen LogP contribution >= 0.6 is 0 Å². The Morgan fingerprint density at radius 1 is 1.22 bits per heavy atom. The number of aliphatic hydroxyl groups excluding tert-OH is 1. The van der Waals surface area contributed by atoms with Gasteiger partial charge in [0.1, 0.15) is 5.75 Å². The minimum atomic E-state index is -2.84. The molecule has 2 N–H and O–H groups in total. The van der Waals surface area contributed by atoms with Gasteiger partial charge >= 0.3 is 6.61 Å². The molecule has 23 heavy (non-hydrogen) atoms. The van der Waals surface area contributed by atoms with Gasteiger partial charge in [0.05, 0.1) is 17.8 Å². The van der Waals surface area contributed by atoms with Gasteiger partial charge in [0.25, 0.3) is 0 Å². The van der Waals surface area contributed by atoms with E-state index in [9.17, 15) is 13.9 Å². The van der Waals surface area contributed by atoms with E-state index >= 15 is 0 Å². The molecule has 6 heteroatoms. The highest BCUT2D eigenvalue weighted by molar-refractivity contribution is 5.28. The topological polar surface area (TPSA) is 50.7 Å². The van der Waals surface area contributed by atoms with Crippen LogP contribution in [-0.2, 0) is 4.74 Å². The smallest absolute Gasteiger partial charge is 0.387 e. The molecule has 4 nitrogen and oxygen atoms in total. The minimum absolute atomic E-state index is 0.0880. The number of nitrogens with one attached hydrogen (secondary N) is 1. The Morgan fingerprint density at radius 2 is 1.83 bits per heavy atom. The van der Waals surface area contributed by atoms with Crippen molar-refractivity contribution in [1.82, 2.24) is 5.32 Å². The molecule has 0 saturated heterocycles. The van der Waals surface area contributed by atoms with Gasteiger partial charge in [-0.05, 0) is 51.3 Å². The molecule has 1 saturated carbocycles. The quantitative estimate of drug-likeness (QED) is 0.806. The predicted molar refractivity (Wildman–Crippen MR) is 83.7 cm³/mol. The Labute approximate surface area is 135 Å². The summed E-state index contributed by atoms with van der Waals surface area (Å²) in [4.78, 5) is 0. The fraction of sp³-hybridized carbons (Fsp3) is 0.647. The summed E-state index contributed by atoms with van der Waals surface area (Å²) in [6, 6.07) is 6.40. The molecule has 2 rings (SSSR count). The van der Waals surface area contributed by atoms with Crippen LogP contribution in [0.15, 0.2) is 24.3 Å². The monoisotopic (exact) mass is 329 g/mol. The zero-order valence-electron chi connectivity index (χ0n) is 13.8. The SMILES string of the molecule is CC(C)(C)OC1CC(NCC(O)c2ccc(OC(F)F)cc2)C1. The van der Waals surface area contributed by atoms with Crippen molar-refractivity contribution in [1.29, 1.82) is 0 Å². The second-order valence-electron chi connectivity index (χ2n) is 6.89. The Morgan fingerprint density at radius 3 is 2.35 bits per heavy atom. The summed E-state index contributed by atoms with van der Waals surface area (Å²) in [5.74, 6) is 0.0880. The van der Waals surface area contributed by atoms with Crippen molar-refractivity contribution >= 4 is 0 Å². The Bertz CT molecular complexity index is 482. The lowest BCUT2D eigenvalue weighted by molar-refractivity contribution is -0.103. The minimum Gasteiger partial charge on any atom is -0.435 e. The van der Waals surface area contributed by atoms with Crippen molar-refractivity contribution in [3.05, 3.63) is 29.8 Å². The van der Waals surface area contributed by atoms with Gasteiger partial charge in [0, 0.05) is 12.6 Å². The first-order valence-corrected chi connectivity index (χ1v) is 7.87. The molecule has 0 radical (unpaired) electrons. The molecule has 1 aliphatic rings. The molecule has 1 atom stereocenters. The van der Waals surface area contributed by atoms with E-state index in [0.29, 0.717) is 18.2 Å². The van der Waals surface area contributed by atoms with E-state index in [-0.39, 0.29) is 17.5 Å². The maximum Gasteiger partial charge on any atom is 0.387 e. The fourth-order valence-electron chi connectivity index (χ4n) is 2.60. The third-order valence-corrected chi connectivity index (χ3v) is 3.70. The molecule has 1 aromatic carbocycles. The summed E-state index contributed by atoms with van der Waals surface area (Å²) < 4.78 is 34.3. The van der Waals surface area contributed by atoms with Crippen molar-refractivity contribution in [3.63, 3.8) is 0 Å². The second-order valence-corrected chi connectivity index (χ2v) is 6.89. The average Bonchev–Trinajstić information content (AvgIpc) is 2.39. The van der Waals surface area contributed by atoms with Crippen LogP contribution in [0.2, 0.25) is 0 Å². The summed E-state index contributed by atoms with van der Waals surface area (Å²) in [6.07, 6.45) is 1.46. The largest absolute Gasteiger partial charge is 0.435 e. The third kappa shape index (κ3) is 6.05. The number of halogens is 2. The maximum absolute atomic E-state index is 12.1. The van der Waals surface area contributed by atoms with E-state index in [4.69, 9.17) is 4.74 Å². The normalized spacial score (nSPS) is 22.7. The Kier molecular flexibility index (Phi) is 5.95. The lowest BCUT2D eigenvalue weighted by atomic mass is 9.88. The number of ether oxygens (including phenoxy) is 2. The molecule has 130 valence electrons. The van der Waals surface area contributed by atoms with E-state index in [0.717, 1.165) is 12.8 Å². The number of hydrogen-bond donors (Lipinski definition) is 2. The van der Waals surface area contributed by atoms with Crippen LogP contribution in [0.5, 0.6) is 5.75 Å². The number of rotatable bonds is 7. The highest BCUT2D eigenvalue weighted by atomic mass is 19.3. The highest BCUT2D eigenvalue weighted by Crippen LogP contribution is 2.28. The van der Waals surface area contributed by atoms with Crippen molar-refractivity contribution in [2.24, 2.45) is 0 Å². The van der Waals surface area contributed by atoms with Gasteiger partial charge in [-0.15, -0.1) is 0 Å². The molecule has 1 unspecified atom stereocenters. The van der Waals surface area contributed by atoms with E-state index in [2.05, 4.69) is 10.1 Å². The highest BCUT2D eigenvalue weighted by Gasteiger charge is 2.32. The first kappa shape index (κ1) is 18.1. The summed E-state index contributed by atoms with van der Waals surface area (Å²) in [5, 5.41) is 13.4. The first-order valence-electron chi connectivity index (χ1n) is 7.87. The van der Waals surface area contributed by atoms with E-state index in [1.165, 1.54) is 12.1 Å². The standard InChI is InChI=1S/C17H25F2NO3/c1-17(2,3)23-14-8-12(9-14)20-10-15(21)11-4-6-13(7-5-11)22-16(18)19/h4-7,12,14-16,20-21H,8-10H2,1-3H3. The van der Waals surface area contributed by atoms with Crippen molar-refractivity contribution in [3.8, 4) is 5.75 Å². The molecule has 1 fully saturated rings. The van der Waals surface area contributed by atoms with Crippen molar-refractivity contribution < 1.29 is 23.4 Å². The van der Waals surface area contributed by atoms with Gasteiger partial charge in [0.2, 0.25) is 0 Å². The van der Waals surface area contributed by atoms with E-state index in [1.807, 2.05) is 20.8 Å². The van der Waals surface area contributed by atoms with E-state index < -0.39 is 12.7 Å². The van der Waals surface area contributed by atoms with Crippen LogP contribution in [0.4, 0.5) is 8.78 Å². The van der Waals surface area contributed by atoms with Crippen molar-refractivity contribution in [2.75, 3.05) is 6.54 Å². The summed E-state index contributed by atoms with van der Waals surface area (Å²) >= 11 is 0. The van der Waals surface area contributed by atoms with Crippen molar-refractivity contribution in [2.45, 2.75) is 64.1 Å². The summed E-state index contributed by atoms with van der Waals surface area (Å²) in [5.41, 5.74) is 0.540. The van der Waals surface area contributed by atoms with Gasteiger partial charge in [-0.25, -0.2) is 0 Å². The zero-order valence-corrected chi connectivity index (χ0v) is 13.8. The molecular formula is C17H25F2NO3. The lowest BCUT2D eigenvalue weighted by Gasteiger charge is -2.40. The predicted octanol–water partition coefficient (Wildman–Crippen LogP) is 3.26. The second kappa shape index (κ2) is 7.55. The Balaban J connectivity index is 1.70. The number of hydrogen-bond acceptors (Lipinski definition) is 4. The lowest BCUT2D eigenvalue weighted by Crippen LogP contribution is -2.48. The summed E-state index contributed by atoms with van der Waals surface area (Å²) in [6.45, 7) is 3.70. The molecule has 0 heterocycles. The fourth-order valence-corrected chi connectivity index (χ4v) is 2.60. The van der Waals surface area contributed by atoms with E-state index in [1.54, 1.807) is 12.1 Å². The molecule has 0 aliphatic heterocycles. The van der Waals surface area contributed by atoms with Crippen LogP contribution in [-0.4, -0.2) is 36.0 Å². The average molecular weight is 329 g/mol. The van der Waals surface area contributed by atoms with Gasteiger partial charge in [-0.1, -0.05) is 12.1 Å². The third-order valence-electron chi connectivity index (χ3n) is 3.70. The van der Waals surface area contributed by atoms with Crippen LogP contribution in [0.1, 0.15) is 45.3 Å². The molecule has 1 aromatic rings. The molecule has 1 aliphatic carbocycles. The zero-order chi connectivity index (χ0) is 17.0. The molecule has 0 aromatic heterocycles. The molecule has 0 bridgehead atoms. The maximum atomic E-state index is 12.1. The van der Waals surface area contributed by atoms with Gasteiger partial charge < -0.3 is 19.9 Å². The van der Waals surface area contributed by atoms with Crippen LogP contribution < -0.4 is 10.1 Å². The summed E-state index contributed by atoms with van der Waals surface area (Å²) in [7, 11) is 0. The van der Waals surface area contributed by atoms with Gasteiger partial charge in [-0.2, -0.15) is 8.78 Å². The van der Waals surface area contributed by atoms with Gasteiger partial charge in [-0.3, -0.25) is 0 Å². The molecule has 0 amide bonds. The number of aliphatic hydroxyl groups is 1. The molecule has 0 spiro atoms. The first-order chi connectivity index (χ1) is 10.7. The van der Waals surface area contributed by atoms with Crippen LogP contribution in [0.3, 0.4) is 0 Å².